The van der Waals surface area contributed by atoms with Crippen LogP contribution in [0.3, 0.4) is 0 Å². The van der Waals surface area contributed by atoms with Crippen molar-refractivity contribution in [2.75, 3.05) is 7.11 Å². The van der Waals surface area contributed by atoms with Gasteiger partial charge in [0.15, 0.2) is 0 Å². The fourth-order valence-electron chi connectivity index (χ4n) is 1.85. The molecule has 3 nitrogen and oxygen atoms in total. The Morgan fingerprint density at radius 3 is 2.29 bits per heavy atom. The number of nitrogens with two attached hydrogens (primary N) is 1. The standard InChI is InChI=1S/C13H24N2OS/c1-6-12(4,14)10-9-17-11(15-10)13(7-2,8-3)16-5/h9H,6-8,14H2,1-5H3. The highest BCUT2D eigenvalue weighted by Gasteiger charge is 2.33. The van der Waals surface area contributed by atoms with Crippen LogP contribution in [0.25, 0.3) is 0 Å². The van der Waals surface area contributed by atoms with E-state index in [2.05, 4.69) is 26.2 Å². The molecule has 0 fully saturated rings. The Hall–Kier alpha value is -0.450. The second-order valence-electron chi connectivity index (χ2n) is 4.71. The number of rotatable bonds is 6. The Balaban J connectivity index is 3.09. The van der Waals surface area contributed by atoms with Crippen molar-refractivity contribution in [2.24, 2.45) is 5.73 Å². The zero-order valence-electron chi connectivity index (χ0n) is 11.5. The molecule has 0 aliphatic carbocycles. The van der Waals surface area contributed by atoms with E-state index in [4.69, 9.17) is 15.5 Å². The Labute approximate surface area is 108 Å². The van der Waals surface area contributed by atoms with Gasteiger partial charge >= 0.3 is 0 Å². The second kappa shape index (κ2) is 5.46. The van der Waals surface area contributed by atoms with Gasteiger partial charge in [-0.3, -0.25) is 0 Å². The average molecular weight is 256 g/mol. The summed E-state index contributed by atoms with van der Waals surface area (Å²) < 4.78 is 5.69. The van der Waals surface area contributed by atoms with E-state index in [0.717, 1.165) is 30.0 Å². The third-order valence-electron chi connectivity index (χ3n) is 3.75. The van der Waals surface area contributed by atoms with E-state index < -0.39 is 0 Å². The largest absolute Gasteiger partial charge is 0.371 e. The molecule has 0 aromatic carbocycles. The van der Waals surface area contributed by atoms with E-state index in [1.54, 1.807) is 18.4 Å². The number of aromatic nitrogens is 1. The molecule has 1 unspecified atom stereocenters. The molecule has 1 heterocycles. The molecule has 0 saturated carbocycles. The minimum atomic E-state index is -0.338. The van der Waals surface area contributed by atoms with Crippen molar-refractivity contribution in [1.29, 1.82) is 0 Å². The summed E-state index contributed by atoms with van der Waals surface area (Å²) in [7, 11) is 1.76. The van der Waals surface area contributed by atoms with Crippen LogP contribution in [0.2, 0.25) is 0 Å². The number of hydrogen-bond donors (Lipinski definition) is 1. The first-order valence-corrected chi connectivity index (χ1v) is 7.14. The molecule has 0 aliphatic rings. The van der Waals surface area contributed by atoms with Crippen LogP contribution < -0.4 is 5.73 Å². The van der Waals surface area contributed by atoms with Gasteiger partial charge in [-0.05, 0) is 26.2 Å². The van der Waals surface area contributed by atoms with E-state index in [-0.39, 0.29) is 11.1 Å². The Morgan fingerprint density at radius 1 is 1.29 bits per heavy atom. The lowest BCUT2D eigenvalue weighted by molar-refractivity contribution is -0.0220. The van der Waals surface area contributed by atoms with E-state index in [1.165, 1.54) is 0 Å². The van der Waals surface area contributed by atoms with Crippen molar-refractivity contribution in [3.05, 3.63) is 16.1 Å². The summed E-state index contributed by atoms with van der Waals surface area (Å²) in [4.78, 5) is 4.71. The van der Waals surface area contributed by atoms with Gasteiger partial charge in [0.1, 0.15) is 10.6 Å². The molecular weight excluding hydrogens is 232 g/mol. The lowest BCUT2D eigenvalue weighted by atomic mass is 9.95. The first-order valence-electron chi connectivity index (χ1n) is 6.26. The summed E-state index contributed by atoms with van der Waals surface area (Å²) in [6.45, 7) is 8.38. The molecule has 1 atom stereocenters. The van der Waals surface area contributed by atoms with Crippen molar-refractivity contribution in [2.45, 2.75) is 58.1 Å². The first-order chi connectivity index (χ1) is 7.95. The summed E-state index contributed by atoms with van der Waals surface area (Å²) in [5.74, 6) is 0. The predicted molar refractivity (Wildman–Crippen MR) is 73.2 cm³/mol. The van der Waals surface area contributed by atoms with E-state index in [0.29, 0.717) is 0 Å². The van der Waals surface area contributed by atoms with Gasteiger partial charge in [0.2, 0.25) is 0 Å². The van der Waals surface area contributed by atoms with Crippen LogP contribution in [0.15, 0.2) is 5.38 Å². The van der Waals surface area contributed by atoms with E-state index in [1.807, 2.05) is 6.92 Å². The quantitative estimate of drug-likeness (QED) is 0.848. The SMILES string of the molecule is CCC(C)(N)c1csc(C(CC)(CC)OC)n1. The molecule has 1 aromatic rings. The van der Waals surface area contributed by atoms with Gasteiger partial charge in [-0.1, -0.05) is 20.8 Å². The Kier molecular flexibility index (Phi) is 4.69. The summed E-state index contributed by atoms with van der Waals surface area (Å²) in [5.41, 5.74) is 6.62. The van der Waals surface area contributed by atoms with Crippen LogP contribution >= 0.6 is 11.3 Å². The highest BCUT2D eigenvalue weighted by atomic mass is 32.1. The normalized spacial score (nSPS) is 15.9. The summed E-state index contributed by atoms with van der Waals surface area (Å²) >= 11 is 1.66. The van der Waals surface area contributed by atoms with Gasteiger partial charge in [0, 0.05) is 12.5 Å². The van der Waals surface area contributed by atoms with Crippen LogP contribution in [0.5, 0.6) is 0 Å². The molecule has 2 N–H and O–H groups in total. The molecule has 0 radical (unpaired) electrons. The number of nitrogens with zero attached hydrogens (tertiary/aromatic N) is 1. The lowest BCUT2D eigenvalue weighted by Gasteiger charge is -2.28. The van der Waals surface area contributed by atoms with E-state index >= 15 is 0 Å². The fraction of sp³-hybridized carbons (Fsp3) is 0.769. The smallest absolute Gasteiger partial charge is 0.125 e. The molecule has 0 spiro atoms. The van der Waals surface area contributed by atoms with Crippen molar-refractivity contribution in [3.8, 4) is 0 Å². The highest BCUT2D eigenvalue weighted by Crippen LogP contribution is 2.36. The maximum absolute atomic E-state index is 6.22. The van der Waals surface area contributed by atoms with Crippen molar-refractivity contribution in [1.82, 2.24) is 4.98 Å². The molecular formula is C13H24N2OS. The molecule has 0 saturated heterocycles. The zero-order chi connectivity index (χ0) is 13.1. The van der Waals surface area contributed by atoms with Gasteiger partial charge in [0.05, 0.1) is 11.2 Å². The van der Waals surface area contributed by atoms with Crippen LogP contribution in [0.1, 0.15) is 57.7 Å². The van der Waals surface area contributed by atoms with Gasteiger partial charge in [-0.2, -0.15) is 0 Å². The molecule has 17 heavy (non-hydrogen) atoms. The number of ether oxygens (including phenoxy) is 1. The predicted octanol–water partition coefficient (Wildman–Crippen LogP) is 3.39. The topological polar surface area (TPSA) is 48.1 Å². The number of methoxy groups -OCH3 is 1. The Bertz CT molecular complexity index is 348. The number of hydrogen-bond acceptors (Lipinski definition) is 4. The average Bonchev–Trinajstić information content (AvgIpc) is 2.83. The zero-order valence-corrected chi connectivity index (χ0v) is 12.4. The maximum Gasteiger partial charge on any atom is 0.125 e. The Morgan fingerprint density at radius 2 is 1.88 bits per heavy atom. The van der Waals surface area contributed by atoms with Crippen molar-refractivity contribution < 1.29 is 4.74 Å². The van der Waals surface area contributed by atoms with Crippen molar-refractivity contribution >= 4 is 11.3 Å². The third kappa shape index (κ3) is 2.69. The maximum atomic E-state index is 6.22. The molecule has 0 bridgehead atoms. The summed E-state index contributed by atoms with van der Waals surface area (Å²) in [5, 5.41) is 3.11. The second-order valence-corrected chi connectivity index (χ2v) is 5.57. The molecule has 0 aliphatic heterocycles. The minimum Gasteiger partial charge on any atom is -0.371 e. The minimum absolute atomic E-state index is 0.243. The lowest BCUT2D eigenvalue weighted by Crippen LogP contribution is -2.33. The van der Waals surface area contributed by atoms with Gasteiger partial charge in [-0.15, -0.1) is 11.3 Å². The molecule has 0 amide bonds. The molecule has 98 valence electrons. The van der Waals surface area contributed by atoms with Gasteiger partial charge in [0.25, 0.3) is 0 Å². The van der Waals surface area contributed by atoms with Crippen molar-refractivity contribution in [3.63, 3.8) is 0 Å². The van der Waals surface area contributed by atoms with Crippen LogP contribution in [0.4, 0.5) is 0 Å². The van der Waals surface area contributed by atoms with E-state index in [9.17, 15) is 0 Å². The first kappa shape index (κ1) is 14.6. The molecule has 1 rings (SSSR count). The van der Waals surface area contributed by atoms with Crippen LogP contribution in [-0.2, 0) is 15.9 Å². The monoisotopic (exact) mass is 256 g/mol. The van der Waals surface area contributed by atoms with Crippen LogP contribution in [-0.4, -0.2) is 12.1 Å². The van der Waals surface area contributed by atoms with Gasteiger partial charge < -0.3 is 10.5 Å². The summed E-state index contributed by atoms with van der Waals surface area (Å²) in [6.07, 6.45) is 2.75. The fourth-order valence-corrected chi connectivity index (χ4v) is 3.14. The molecule has 4 heteroatoms. The summed E-state index contributed by atoms with van der Waals surface area (Å²) in [6, 6.07) is 0. The van der Waals surface area contributed by atoms with Crippen LogP contribution in [0, 0.1) is 0 Å². The third-order valence-corrected chi connectivity index (χ3v) is 4.77. The highest BCUT2D eigenvalue weighted by molar-refractivity contribution is 7.09. The van der Waals surface area contributed by atoms with Gasteiger partial charge in [-0.25, -0.2) is 4.98 Å². The molecule has 1 aromatic heterocycles. The number of thiazole rings is 1.